The molecule has 0 aliphatic heterocycles. The largest absolute Gasteiger partial charge is 0.387 e. The van der Waals surface area contributed by atoms with Crippen LogP contribution < -0.4 is 0 Å². The molecule has 0 heterocycles. The van der Waals surface area contributed by atoms with E-state index >= 15 is 0 Å². The summed E-state index contributed by atoms with van der Waals surface area (Å²) in [6.45, 7) is 0. The highest BCUT2D eigenvalue weighted by atomic mass is 79.9. The summed E-state index contributed by atoms with van der Waals surface area (Å²) in [5.74, 6) is -0.334. The van der Waals surface area contributed by atoms with Crippen molar-refractivity contribution < 1.29 is 9.50 Å². The second kappa shape index (κ2) is 4.21. The van der Waals surface area contributed by atoms with Gasteiger partial charge in [-0.15, -0.1) is 11.6 Å². The van der Waals surface area contributed by atoms with E-state index in [1.807, 2.05) is 0 Å². The highest BCUT2D eigenvalue weighted by molar-refractivity contribution is 9.10. The summed E-state index contributed by atoms with van der Waals surface area (Å²) < 4.78 is 13.2. The number of hydrogen-bond donors (Lipinski definition) is 1. The van der Waals surface area contributed by atoms with E-state index in [2.05, 4.69) is 15.9 Å². The fourth-order valence-electron chi connectivity index (χ4n) is 0.861. The van der Waals surface area contributed by atoms with Gasteiger partial charge in [-0.05, 0) is 27.6 Å². The molecule has 66 valence electrons. The zero-order valence-corrected chi connectivity index (χ0v) is 8.44. The Morgan fingerprint density at radius 1 is 1.58 bits per heavy atom. The smallest absolute Gasteiger partial charge is 0.137 e. The third-order valence-electron chi connectivity index (χ3n) is 1.49. The maximum absolute atomic E-state index is 12.9. The molecule has 0 fully saturated rings. The van der Waals surface area contributed by atoms with Crippen molar-refractivity contribution >= 4 is 27.5 Å². The average Bonchev–Trinajstić information content (AvgIpc) is 2.08. The number of alkyl halides is 1. The summed E-state index contributed by atoms with van der Waals surface area (Å²) in [6.07, 6.45) is -0.822. The monoisotopic (exact) mass is 252 g/mol. The highest BCUT2D eigenvalue weighted by Gasteiger charge is 2.12. The molecule has 0 aliphatic rings. The van der Waals surface area contributed by atoms with E-state index in [0.717, 1.165) is 0 Å². The number of aliphatic hydroxyl groups excluding tert-OH is 1. The van der Waals surface area contributed by atoms with Crippen molar-refractivity contribution in [1.29, 1.82) is 0 Å². The van der Waals surface area contributed by atoms with Gasteiger partial charge in [-0.25, -0.2) is 4.39 Å². The Kier molecular flexibility index (Phi) is 3.50. The van der Waals surface area contributed by atoms with E-state index in [9.17, 15) is 9.50 Å². The Bertz CT molecular complexity index is 280. The number of hydrogen-bond acceptors (Lipinski definition) is 1. The first-order valence-electron chi connectivity index (χ1n) is 3.34. The molecule has 0 amide bonds. The third-order valence-corrected chi connectivity index (χ3v) is 2.62. The quantitative estimate of drug-likeness (QED) is 0.804. The molecule has 1 nitrogen and oxygen atoms in total. The standard InChI is InChI=1S/C8H7BrClFO/c9-8-5(7(12)4-10)2-1-3-6(8)11/h1-3,7,12H,4H2/t7-/m0/s1. The molecule has 1 N–H and O–H groups in total. The van der Waals surface area contributed by atoms with Crippen LogP contribution in [0.5, 0.6) is 0 Å². The molecule has 0 saturated carbocycles. The highest BCUT2D eigenvalue weighted by Crippen LogP contribution is 2.26. The lowest BCUT2D eigenvalue weighted by molar-refractivity contribution is 0.201. The minimum atomic E-state index is -0.822. The fourth-order valence-corrected chi connectivity index (χ4v) is 1.56. The molecule has 4 heteroatoms. The first kappa shape index (κ1) is 9.96. The van der Waals surface area contributed by atoms with Gasteiger partial charge < -0.3 is 5.11 Å². The third kappa shape index (κ3) is 1.97. The lowest BCUT2D eigenvalue weighted by Crippen LogP contribution is -2.00. The van der Waals surface area contributed by atoms with Gasteiger partial charge in [-0.2, -0.15) is 0 Å². The lowest BCUT2D eigenvalue weighted by Gasteiger charge is -2.09. The molecule has 0 bridgehead atoms. The van der Waals surface area contributed by atoms with Crippen LogP contribution in [0, 0.1) is 5.82 Å². The van der Waals surface area contributed by atoms with Crippen molar-refractivity contribution in [1.82, 2.24) is 0 Å². The molecule has 12 heavy (non-hydrogen) atoms. The summed E-state index contributed by atoms with van der Waals surface area (Å²) >= 11 is 8.45. The molecular weight excluding hydrogens is 246 g/mol. The van der Waals surface area contributed by atoms with E-state index in [4.69, 9.17) is 11.6 Å². The maximum Gasteiger partial charge on any atom is 0.137 e. The predicted molar refractivity (Wildman–Crippen MR) is 49.8 cm³/mol. The van der Waals surface area contributed by atoms with E-state index in [0.29, 0.717) is 5.56 Å². The molecule has 0 aliphatic carbocycles. The van der Waals surface area contributed by atoms with Crippen molar-refractivity contribution in [2.45, 2.75) is 6.10 Å². The van der Waals surface area contributed by atoms with Crippen LogP contribution >= 0.6 is 27.5 Å². The van der Waals surface area contributed by atoms with Crippen LogP contribution in [0.3, 0.4) is 0 Å². The molecule has 1 aromatic rings. The van der Waals surface area contributed by atoms with Crippen molar-refractivity contribution in [2.24, 2.45) is 0 Å². The van der Waals surface area contributed by atoms with Crippen LogP contribution in [-0.4, -0.2) is 11.0 Å². The predicted octanol–water partition coefficient (Wildman–Crippen LogP) is 2.86. The molecule has 0 saturated heterocycles. The minimum absolute atomic E-state index is 0.0576. The van der Waals surface area contributed by atoms with Crippen LogP contribution in [-0.2, 0) is 0 Å². The molecule has 0 spiro atoms. The van der Waals surface area contributed by atoms with Crippen molar-refractivity contribution in [2.75, 3.05) is 5.88 Å². The minimum Gasteiger partial charge on any atom is -0.387 e. The van der Waals surface area contributed by atoms with E-state index < -0.39 is 11.9 Å². The summed E-state index contributed by atoms with van der Waals surface area (Å²) in [6, 6.07) is 4.47. The Balaban J connectivity index is 3.07. The fraction of sp³-hybridized carbons (Fsp3) is 0.250. The van der Waals surface area contributed by atoms with Gasteiger partial charge in [0.15, 0.2) is 0 Å². The van der Waals surface area contributed by atoms with Crippen LogP contribution in [0.15, 0.2) is 22.7 Å². The summed E-state index contributed by atoms with van der Waals surface area (Å²) in [5, 5.41) is 9.31. The molecule has 0 aromatic heterocycles. The molecule has 1 aromatic carbocycles. The normalized spacial score (nSPS) is 13.0. The number of rotatable bonds is 2. The van der Waals surface area contributed by atoms with Gasteiger partial charge in [0.05, 0.1) is 16.5 Å². The Morgan fingerprint density at radius 3 is 2.83 bits per heavy atom. The van der Waals surface area contributed by atoms with Gasteiger partial charge in [0, 0.05) is 0 Å². The average molecular weight is 253 g/mol. The van der Waals surface area contributed by atoms with Crippen LogP contribution in [0.1, 0.15) is 11.7 Å². The summed E-state index contributed by atoms with van der Waals surface area (Å²) in [4.78, 5) is 0. The molecule has 1 rings (SSSR count). The topological polar surface area (TPSA) is 20.2 Å². The van der Waals surface area contributed by atoms with Crippen LogP contribution in [0.4, 0.5) is 4.39 Å². The van der Waals surface area contributed by atoms with Crippen molar-refractivity contribution in [3.8, 4) is 0 Å². The van der Waals surface area contributed by atoms with Crippen LogP contribution in [0.25, 0.3) is 0 Å². The number of halogens is 3. The number of benzene rings is 1. The van der Waals surface area contributed by atoms with Crippen LogP contribution in [0.2, 0.25) is 0 Å². The first-order chi connectivity index (χ1) is 5.66. The van der Waals surface area contributed by atoms with E-state index in [1.54, 1.807) is 6.07 Å². The molecule has 1 atom stereocenters. The van der Waals surface area contributed by atoms with Gasteiger partial charge >= 0.3 is 0 Å². The lowest BCUT2D eigenvalue weighted by atomic mass is 10.1. The molecule has 0 radical (unpaired) electrons. The Labute approximate surface area is 83.3 Å². The number of aliphatic hydroxyl groups is 1. The van der Waals surface area contributed by atoms with E-state index in [1.165, 1.54) is 12.1 Å². The van der Waals surface area contributed by atoms with Gasteiger partial charge in [-0.1, -0.05) is 12.1 Å². The second-order valence-electron chi connectivity index (χ2n) is 2.31. The summed E-state index contributed by atoms with van der Waals surface area (Å²) in [7, 11) is 0. The Hall–Kier alpha value is -0.120. The van der Waals surface area contributed by atoms with Gasteiger partial charge in [0.2, 0.25) is 0 Å². The second-order valence-corrected chi connectivity index (χ2v) is 3.41. The van der Waals surface area contributed by atoms with Gasteiger partial charge in [0.1, 0.15) is 5.82 Å². The SMILES string of the molecule is O[C@@H](CCl)c1cccc(F)c1Br. The van der Waals surface area contributed by atoms with Crippen molar-refractivity contribution in [3.63, 3.8) is 0 Å². The molecule has 0 unspecified atom stereocenters. The zero-order chi connectivity index (χ0) is 9.14. The van der Waals surface area contributed by atoms with Crippen molar-refractivity contribution in [3.05, 3.63) is 34.1 Å². The summed E-state index contributed by atoms with van der Waals surface area (Å²) in [5.41, 5.74) is 0.477. The Morgan fingerprint density at radius 2 is 2.25 bits per heavy atom. The molecular formula is C8H7BrClFO. The van der Waals surface area contributed by atoms with Gasteiger partial charge in [-0.3, -0.25) is 0 Å². The zero-order valence-electron chi connectivity index (χ0n) is 6.10. The van der Waals surface area contributed by atoms with E-state index in [-0.39, 0.29) is 10.4 Å². The first-order valence-corrected chi connectivity index (χ1v) is 4.67. The maximum atomic E-state index is 12.9. The van der Waals surface area contributed by atoms with Gasteiger partial charge in [0.25, 0.3) is 0 Å².